The van der Waals surface area contributed by atoms with Crippen LogP contribution in [0.25, 0.3) is 0 Å². The van der Waals surface area contributed by atoms with Gasteiger partial charge in [-0.05, 0) is 31.0 Å². The molecule has 102 valence electrons. The summed E-state index contributed by atoms with van der Waals surface area (Å²) in [4.78, 5) is 0. The van der Waals surface area contributed by atoms with Gasteiger partial charge in [-0.25, -0.2) is 0 Å². The molecule has 0 bridgehead atoms. The maximum Gasteiger partial charge on any atom is 0.161 e. The zero-order chi connectivity index (χ0) is 13.6. The molecule has 1 aromatic carbocycles. The topological polar surface area (TPSA) is 64.7 Å². The van der Waals surface area contributed by atoms with Crippen molar-refractivity contribution < 1.29 is 14.6 Å². The van der Waals surface area contributed by atoms with E-state index < -0.39 is 5.54 Å². The van der Waals surface area contributed by atoms with Gasteiger partial charge in [-0.15, -0.1) is 0 Å². The molecule has 0 aromatic heterocycles. The van der Waals surface area contributed by atoms with E-state index in [0.717, 1.165) is 12.2 Å². The van der Waals surface area contributed by atoms with E-state index in [2.05, 4.69) is 6.92 Å². The second-order valence-corrected chi connectivity index (χ2v) is 4.75. The van der Waals surface area contributed by atoms with Crippen LogP contribution in [-0.4, -0.2) is 31.0 Å². The molecule has 0 fully saturated rings. The van der Waals surface area contributed by atoms with Crippen LogP contribution in [0.15, 0.2) is 18.2 Å². The van der Waals surface area contributed by atoms with Crippen molar-refractivity contribution in [1.29, 1.82) is 0 Å². The third-order valence-electron chi connectivity index (χ3n) is 2.93. The Hall–Kier alpha value is -1.26. The van der Waals surface area contributed by atoms with Crippen LogP contribution in [0.3, 0.4) is 0 Å². The van der Waals surface area contributed by atoms with E-state index in [1.165, 1.54) is 5.56 Å². The molecule has 1 atom stereocenters. The maximum atomic E-state index is 9.06. The quantitative estimate of drug-likeness (QED) is 0.777. The molecule has 0 spiro atoms. The van der Waals surface area contributed by atoms with E-state index in [-0.39, 0.29) is 6.61 Å². The fourth-order valence-corrected chi connectivity index (χ4v) is 1.52. The average Bonchev–Trinajstić information content (AvgIpc) is 2.38. The Morgan fingerprint density at radius 2 is 2.06 bits per heavy atom. The molecule has 1 rings (SSSR count). The van der Waals surface area contributed by atoms with Gasteiger partial charge in [0, 0.05) is 12.0 Å². The van der Waals surface area contributed by atoms with E-state index in [9.17, 15) is 0 Å². The molecule has 1 aromatic rings. The van der Waals surface area contributed by atoms with Gasteiger partial charge in [-0.3, -0.25) is 0 Å². The van der Waals surface area contributed by atoms with Crippen molar-refractivity contribution >= 4 is 0 Å². The highest BCUT2D eigenvalue weighted by atomic mass is 16.5. The molecule has 0 aliphatic carbocycles. The van der Waals surface area contributed by atoms with Crippen LogP contribution in [0, 0.1) is 0 Å². The normalized spacial score (nSPS) is 14.1. The summed E-state index contributed by atoms with van der Waals surface area (Å²) in [6.07, 6.45) is 1.55. The number of aliphatic hydroxyl groups is 1. The summed E-state index contributed by atoms with van der Waals surface area (Å²) in [7, 11) is 1.63. The fourth-order valence-electron chi connectivity index (χ4n) is 1.52. The van der Waals surface area contributed by atoms with Crippen LogP contribution in [0.5, 0.6) is 11.5 Å². The van der Waals surface area contributed by atoms with Gasteiger partial charge in [0.2, 0.25) is 0 Å². The molecular weight excluding hydrogens is 230 g/mol. The Morgan fingerprint density at radius 1 is 1.33 bits per heavy atom. The van der Waals surface area contributed by atoms with Gasteiger partial charge in [0.25, 0.3) is 0 Å². The molecule has 1 unspecified atom stereocenters. The van der Waals surface area contributed by atoms with Crippen molar-refractivity contribution in [3.05, 3.63) is 23.8 Å². The molecule has 0 saturated heterocycles. The molecule has 0 aliphatic heterocycles. The summed E-state index contributed by atoms with van der Waals surface area (Å²) in [5.74, 6) is 1.44. The smallest absolute Gasteiger partial charge is 0.161 e. The Kier molecular flexibility index (Phi) is 5.44. The highest BCUT2D eigenvalue weighted by molar-refractivity contribution is 5.42. The Bertz CT molecular complexity index is 377. The number of aliphatic hydroxyl groups excluding tert-OH is 1. The Labute approximate surface area is 109 Å². The highest BCUT2D eigenvalue weighted by Crippen LogP contribution is 2.28. The van der Waals surface area contributed by atoms with E-state index in [1.807, 2.05) is 18.2 Å². The summed E-state index contributed by atoms with van der Waals surface area (Å²) in [5.41, 5.74) is 6.44. The van der Waals surface area contributed by atoms with Gasteiger partial charge in [-0.2, -0.15) is 0 Å². The lowest BCUT2D eigenvalue weighted by atomic mass is 10.0. The number of benzene rings is 1. The van der Waals surface area contributed by atoms with Gasteiger partial charge in [0.1, 0.15) is 0 Å². The van der Waals surface area contributed by atoms with Gasteiger partial charge >= 0.3 is 0 Å². The number of ether oxygens (including phenoxy) is 2. The number of rotatable bonds is 7. The number of aryl methyl sites for hydroxylation is 1. The Balaban J connectivity index is 2.62. The molecule has 0 amide bonds. The summed E-state index contributed by atoms with van der Waals surface area (Å²) in [6.45, 7) is 4.29. The minimum Gasteiger partial charge on any atom is -0.493 e. The lowest BCUT2D eigenvalue weighted by Crippen LogP contribution is -2.41. The molecule has 0 heterocycles. The van der Waals surface area contributed by atoms with Crippen LogP contribution in [0.4, 0.5) is 0 Å². The van der Waals surface area contributed by atoms with Crippen LogP contribution in [-0.2, 0) is 6.42 Å². The van der Waals surface area contributed by atoms with E-state index >= 15 is 0 Å². The minimum atomic E-state index is -0.601. The minimum absolute atomic E-state index is 0.0533. The zero-order valence-corrected chi connectivity index (χ0v) is 11.4. The molecule has 3 N–H and O–H groups in total. The zero-order valence-electron chi connectivity index (χ0n) is 11.4. The van der Waals surface area contributed by atoms with E-state index in [0.29, 0.717) is 18.8 Å². The van der Waals surface area contributed by atoms with Gasteiger partial charge in [0.05, 0.1) is 20.3 Å². The van der Waals surface area contributed by atoms with E-state index in [4.69, 9.17) is 20.3 Å². The van der Waals surface area contributed by atoms with Gasteiger partial charge < -0.3 is 20.3 Å². The number of hydrogen-bond acceptors (Lipinski definition) is 4. The molecule has 18 heavy (non-hydrogen) atoms. The first kappa shape index (κ1) is 14.8. The largest absolute Gasteiger partial charge is 0.493 e. The van der Waals surface area contributed by atoms with Crippen molar-refractivity contribution in [3.8, 4) is 11.5 Å². The first-order valence-corrected chi connectivity index (χ1v) is 6.22. The summed E-state index contributed by atoms with van der Waals surface area (Å²) in [6, 6.07) is 5.90. The van der Waals surface area contributed by atoms with Crippen LogP contribution in [0.2, 0.25) is 0 Å². The van der Waals surface area contributed by atoms with Crippen LogP contribution in [0.1, 0.15) is 25.8 Å². The number of nitrogens with two attached hydrogens (primary N) is 1. The maximum absolute atomic E-state index is 9.06. The monoisotopic (exact) mass is 253 g/mol. The van der Waals surface area contributed by atoms with Gasteiger partial charge in [-0.1, -0.05) is 13.0 Å². The van der Waals surface area contributed by atoms with Crippen molar-refractivity contribution in [2.45, 2.75) is 32.2 Å². The van der Waals surface area contributed by atoms with Crippen molar-refractivity contribution in [3.63, 3.8) is 0 Å². The predicted molar refractivity (Wildman–Crippen MR) is 72.2 cm³/mol. The lowest BCUT2D eigenvalue weighted by molar-refractivity contribution is 0.173. The first-order valence-electron chi connectivity index (χ1n) is 6.22. The second kappa shape index (κ2) is 6.61. The van der Waals surface area contributed by atoms with Crippen molar-refractivity contribution in [2.24, 2.45) is 5.73 Å². The molecular formula is C14H23NO3. The standard InChI is InChI=1S/C14H23NO3/c1-4-11-5-6-12(13(9-11)17-3)18-8-7-14(2,15)10-16/h5-6,9,16H,4,7-8,10,15H2,1-3H3. The molecule has 4 nitrogen and oxygen atoms in total. The number of methoxy groups -OCH3 is 1. The summed E-state index contributed by atoms with van der Waals surface area (Å²) >= 11 is 0. The molecule has 0 aliphatic rings. The highest BCUT2D eigenvalue weighted by Gasteiger charge is 2.17. The van der Waals surface area contributed by atoms with Crippen molar-refractivity contribution in [2.75, 3.05) is 20.3 Å². The fraction of sp³-hybridized carbons (Fsp3) is 0.571. The van der Waals surface area contributed by atoms with Crippen LogP contribution >= 0.6 is 0 Å². The predicted octanol–water partition coefficient (Wildman–Crippen LogP) is 1.74. The Morgan fingerprint density at radius 3 is 2.61 bits per heavy atom. The third-order valence-corrected chi connectivity index (χ3v) is 2.93. The summed E-state index contributed by atoms with van der Waals surface area (Å²) < 4.78 is 10.9. The van der Waals surface area contributed by atoms with Crippen molar-refractivity contribution in [1.82, 2.24) is 0 Å². The molecule has 4 heteroatoms. The molecule has 0 radical (unpaired) electrons. The average molecular weight is 253 g/mol. The number of hydrogen-bond donors (Lipinski definition) is 2. The lowest BCUT2D eigenvalue weighted by Gasteiger charge is -2.21. The summed E-state index contributed by atoms with van der Waals surface area (Å²) in [5, 5.41) is 9.06. The third kappa shape index (κ3) is 4.20. The van der Waals surface area contributed by atoms with Crippen LogP contribution < -0.4 is 15.2 Å². The van der Waals surface area contributed by atoms with E-state index in [1.54, 1.807) is 14.0 Å². The van der Waals surface area contributed by atoms with Gasteiger partial charge in [0.15, 0.2) is 11.5 Å². The molecule has 0 saturated carbocycles. The second-order valence-electron chi connectivity index (χ2n) is 4.75. The first-order chi connectivity index (χ1) is 8.52. The SMILES string of the molecule is CCc1ccc(OCCC(C)(N)CO)c(OC)c1.